The molecule has 1 aliphatic heterocycles. The summed E-state index contributed by atoms with van der Waals surface area (Å²) in [5, 5.41) is 13.7. The number of nitrogens with one attached hydrogen (secondary N) is 1. The predicted molar refractivity (Wildman–Crippen MR) is 76.1 cm³/mol. The Bertz CT molecular complexity index is 676. The number of halogens is 1. The first kappa shape index (κ1) is 15.8. The van der Waals surface area contributed by atoms with E-state index in [0.29, 0.717) is 0 Å². The number of carbonyl (C=O) groups excluding carboxylic acids is 2. The van der Waals surface area contributed by atoms with Gasteiger partial charge in [0.1, 0.15) is 5.69 Å². The van der Waals surface area contributed by atoms with Gasteiger partial charge in [0.05, 0.1) is 4.92 Å². The molecule has 0 spiro atoms. The molecule has 1 aromatic rings. The van der Waals surface area contributed by atoms with E-state index in [9.17, 15) is 19.7 Å². The van der Waals surface area contributed by atoms with Crippen LogP contribution in [0.4, 0.5) is 11.4 Å². The Morgan fingerprint density at radius 3 is 2.41 bits per heavy atom. The largest absolute Gasteiger partial charge is 0.419 e. The molecule has 2 rings (SSSR count). The fraction of sp³-hybridized carbons (Fsp3) is 0.231. The van der Waals surface area contributed by atoms with Crippen molar-refractivity contribution in [2.24, 2.45) is 0 Å². The first-order valence-corrected chi connectivity index (χ1v) is 6.45. The van der Waals surface area contributed by atoms with E-state index in [-0.39, 0.29) is 16.4 Å². The summed E-state index contributed by atoms with van der Waals surface area (Å²) in [6.07, 6.45) is 0.985. The van der Waals surface area contributed by atoms with E-state index in [1.807, 2.05) is 0 Å². The van der Waals surface area contributed by atoms with Crippen molar-refractivity contribution >= 4 is 34.9 Å². The number of cyclic esters (lactones) is 2. The maximum absolute atomic E-state index is 11.7. The van der Waals surface area contributed by atoms with Gasteiger partial charge in [-0.2, -0.15) is 0 Å². The molecule has 0 atom stereocenters. The van der Waals surface area contributed by atoms with E-state index in [1.165, 1.54) is 32.0 Å². The summed E-state index contributed by atoms with van der Waals surface area (Å²) in [4.78, 5) is 33.8. The number of hydrogen-bond acceptors (Lipinski definition) is 7. The molecule has 1 aromatic carbocycles. The van der Waals surface area contributed by atoms with Crippen molar-refractivity contribution in [2.75, 3.05) is 5.32 Å². The second-order valence-electron chi connectivity index (χ2n) is 4.80. The SMILES string of the molecule is CC1(C)OC(=O)C(=CNc2cc(Cl)ccc2[N+](=O)[O-])C(=O)O1. The number of nitrogens with zero attached hydrogens (tertiary/aromatic N) is 1. The molecule has 1 saturated heterocycles. The second kappa shape index (κ2) is 5.64. The fourth-order valence-electron chi connectivity index (χ4n) is 1.71. The zero-order chi connectivity index (χ0) is 16.5. The molecule has 1 fully saturated rings. The van der Waals surface area contributed by atoms with Crippen LogP contribution < -0.4 is 5.32 Å². The van der Waals surface area contributed by atoms with E-state index in [2.05, 4.69) is 5.32 Å². The van der Waals surface area contributed by atoms with Gasteiger partial charge in [-0.05, 0) is 12.1 Å². The van der Waals surface area contributed by atoms with Gasteiger partial charge in [0, 0.05) is 31.1 Å². The van der Waals surface area contributed by atoms with Crippen molar-refractivity contribution in [3.8, 4) is 0 Å². The molecule has 0 unspecified atom stereocenters. The van der Waals surface area contributed by atoms with Crippen LogP contribution >= 0.6 is 11.6 Å². The molecule has 0 bridgehead atoms. The molecule has 0 radical (unpaired) electrons. The number of anilines is 1. The Labute approximate surface area is 129 Å². The van der Waals surface area contributed by atoms with Crippen molar-refractivity contribution in [2.45, 2.75) is 19.6 Å². The zero-order valence-corrected chi connectivity index (χ0v) is 12.3. The molecule has 0 saturated carbocycles. The maximum Gasteiger partial charge on any atom is 0.350 e. The third kappa shape index (κ3) is 3.34. The lowest BCUT2D eigenvalue weighted by Crippen LogP contribution is -2.42. The minimum Gasteiger partial charge on any atom is -0.419 e. The monoisotopic (exact) mass is 326 g/mol. The lowest BCUT2D eigenvalue weighted by Gasteiger charge is -2.29. The summed E-state index contributed by atoms with van der Waals surface area (Å²) < 4.78 is 9.79. The van der Waals surface area contributed by atoms with E-state index < -0.39 is 28.2 Å². The minimum atomic E-state index is -1.35. The number of rotatable bonds is 3. The van der Waals surface area contributed by atoms with Crippen LogP contribution in [0, 0.1) is 10.1 Å². The topological polar surface area (TPSA) is 108 Å². The Hall–Kier alpha value is -2.61. The van der Waals surface area contributed by atoms with Crippen LogP contribution in [0.3, 0.4) is 0 Å². The number of nitro benzene ring substituents is 1. The molecule has 8 nitrogen and oxygen atoms in total. The summed E-state index contributed by atoms with van der Waals surface area (Å²) in [6.45, 7) is 2.82. The summed E-state index contributed by atoms with van der Waals surface area (Å²) in [6, 6.07) is 3.84. The van der Waals surface area contributed by atoms with Crippen LogP contribution in [-0.4, -0.2) is 22.6 Å². The highest BCUT2D eigenvalue weighted by Gasteiger charge is 2.39. The molecule has 0 amide bonds. The third-order valence-corrected chi connectivity index (χ3v) is 2.88. The number of carbonyl (C=O) groups is 2. The zero-order valence-electron chi connectivity index (χ0n) is 11.6. The number of esters is 2. The average Bonchev–Trinajstić information content (AvgIpc) is 2.35. The fourth-order valence-corrected chi connectivity index (χ4v) is 1.88. The summed E-state index contributed by atoms with van der Waals surface area (Å²) >= 11 is 5.77. The first-order chi connectivity index (χ1) is 10.2. The average molecular weight is 327 g/mol. The van der Waals surface area contributed by atoms with Crippen LogP contribution in [0.2, 0.25) is 5.02 Å². The van der Waals surface area contributed by atoms with E-state index in [0.717, 1.165) is 6.20 Å². The van der Waals surface area contributed by atoms with Crippen molar-refractivity contribution in [1.29, 1.82) is 0 Å². The van der Waals surface area contributed by atoms with Gasteiger partial charge in [0.15, 0.2) is 5.57 Å². The molecule has 22 heavy (non-hydrogen) atoms. The van der Waals surface area contributed by atoms with Crippen molar-refractivity contribution in [3.63, 3.8) is 0 Å². The Morgan fingerprint density at radius 1 is 1.27 bits per heavy atom. The van der Waals surface area contributed by atoms with Gasteiger partial charge in [-0.15, -0.1) is 0 Å². The molecule has 1 heterocycles. The molecule has 1 aliphatic rings. The van der Waals surface area contributed by atoms with Gasteiger partial charge in [-0.1, -0.05) is 11.6 Å². The molecular weight excluding hydrogens is 316 g/mol. The second-order valence-corrected chi connectivity index (χ2v) is 5.24. The van der Waals surface area contributed by atoms with Gasteiger partial charge < -0.3 is 14.8 Å². The maximum atomic E-state index is 11.7. The van der Waals surface area contributed by atoms with Gasteiger partial charge in [0.2, 0.25) is 0 Å². The number of benzene rings is 1. The van der Waals surface area contributed by atoms with Crippen molar-refractivity contribution < 1.29 is 24.0 Å². The Morgan fingerprint density at radius 2 is 1.86 bits per heavy atom. The Balaban J connectivity index is 2.29. The van der Waals surface area contributed by atoms with Crippen molar-refractivity contribution in [3.05, 3.63) is 45.1 Å². The molecule has 116 valence electrons. The van der Waals surface area contributed by atoms with Gasteiger partial charge in [0.25, 0.3) is 11.5 Å². The standard InChI is InChI=1S/C13H11ClN2O6/c1-13(2)21-11(17)8(12(18)22-13)6-15-9-5-7(14)3-4-10(9)16(19)20/h3-6,15H,1-2H3. The van der Waals surface area contributed by atoms with Crippen LogP contribution in [-0.2, 0) is 19.1 Å². The van der Waals surface area contributed by atoms with Crippen LogP contribution in [0.25, 0.3) is 0 Å². The van der Waals surface area contributed by atoms with Crippen molar-refractivity contribution in [1.82, 2.24) is 0 Å². The van der Waals surface area contributed by atoms with Crippen LogP contribution in [0.15, 0.2) is 30.0 Å². The third-order valence-electron chi connectivity index (χ3n) is 2.64. The first-order valence-electron chi connectivity index (χ1n) is 6.07. The lowest BCUT2D eigenvalue weighted by atomic mass is 10.2. The normalized spacial score (nSPS) is 16.6. The highest BCUT2D eigenvalue weighted by atomic mass is 35.5. The molecule has 9 heteroatoms. The van der Waals surface area contributed by atoms with Gasteiger partial charge >= 0.3 is 11.9 Å². The lowest BCUT2D eigenvalue weighted by molar-refractivity contribution is -0.383. The highest BCUT2D eigenvalue weighted by molar-refractivity contribution is 6.31. The molecule has 0 aliphatic carbocycles. The molecular formula is C13H11ClN2O6. The quantitative estimate of drug-likeness (QED) is 0.298. The van der Waals surface area contributed by atoms with E-state index in [1.54, 1.807) is 0 Å². The summed E-state index contributed by atoms with van der Waals surface area (Å²) in [5.41, 5.74) is -0.650. The number of nitro groups is 1. The highest BCUT2D eigenvalue weighted by Crippen LogP contribution is 2.28. The number of ether oxygens (including phenoxy) is 2. The van der Waals surface area contributed by atoms with Crippen LogP contribution in [0.1, 0.15) is 13.8 Å². The van der Waals surface area contributed by atoms with E-state index in [4.69, 9.17) is 21.1 Å². The number of hydrogen-bond donors (Lipinski definition) is 1. The Kier molecular flexibility index (Phi) is 4.05. The molecule has 0 aromatic heterocycles. The summed E-state index contributed by atoms with van der Waals surface area (Å²) in [5.74, 6) is -3.13. The summed E-state index contributed by atoms with van der Waals surface area (Å²) in [7, 11) is 0. The minimum absolute atomic E-state index is 0.0235. The van der Waals surface area contributed by atoms with Gasteiger partial charge in [-0.3, -0.25) is 10.1 Å². The van der Waals surface area contributed by atoms with Crippen LogP contribution in [0.5, 0.6) is 0 Å². The van der Waals surface area contributed by atoms with Gasteiger partial charge in [-0.25, -0.2) is 9.59 Å². The smallest absolute Gasteiger partial charge is 0.350 e. The molecule has 1 N–H and O–H groups in total. The van der Waals surface area contributed by atoms with E-state index >= 15 is 0 Å². The predicted octanol–water partition coefficient (Wildman–Crippen LogP) is 2.38.